The van der Waals surface area contributed by atoms with E-state index in [9.17, 15) is 9.59 Å². The standard InChI is InChI=1S/C25H28Cl2N4O2/c1-4-14-30(24(33)25(2,3)17-26)16-23(32)28-22-15-20(18-10-6-5-7-11-18)29-31(22)21-13-9-8-12-19(21)27/h5-13,15H,4,14,16-17H2,1-3H3,(H,28,32). The summed E-state index contributed by atoms with van der Waals surface area (Å²) in [5.41, 5.74) is 1.49. The summed E-state index contributed by atoms with van der Waals surface area (Å²) < 4.78 is 1.61. The van der Waals surface area contributed by atoms with E-state index in [0.29, 0.717) is 28.8 Å². The highest BCUT2D eigenvalue weighted by Gasteiger charge is 2.32. The van der Waals surface area contributed by atoms with Crippen LogP contribution in [-0.2, 0) is 9.59 Å². The third kappa shape index (κ3) is 5.95. The van der Waals surface area contributed by atoms with E-state index in [-0.39, 0.29) is 24.2 Å². The second-order valence-corrected chi connectivity index (χ2v) is 9.11. The van der Waals surface area contributed by atoms with E-state index >= 15 is 0 Å². The van der Waals surface area contributed by atoms with Crippen molar-refractivity contribution in [3.05, 3.63) is 65.7 Å². The molecule has 2 amide bonds. The van der Waals surface area contributed by atoms with Gasteiger partial charge < -0.3 is 10.2 Å². The molecule has 0 unspecified atom stereocenters. The lowest BCUT2D eigenvalue weighted by Crippen LogP contribution is -2.45. The van der Waals surface area contributed by atoms with E-state index in [0.717, 1.165) is 12.0 Å². The number of benzene rings is 2. The number of rotatable bonds is 9. The molecule has 1 N–H and O–H groups in total. The molecule has 3 aromatic rings. The second kappa shape index (κ2) is 10.9. The number of aromatic nitrogens is 2. The zero-order valence-electron chi connectivity index (χ0n) is 19.0. The van der Waals surface area contributed by atoms with Gasteiger partial charge in [0.1, 0.15) is 5.82 Å². The van der Waals surface area contributed by atoms with Crippen molar-refractivity contribution in [3.8, 4) is 16.9 Å². The Hall–Kier alpha value is -2.83. The van der Waals surface area contributed by atoms with Crippen LogP contribution in [0.5, 0.6) is 0 Å². The number of hydrogen-bond acceptors (Lipinski definition) is 3. The van der Waals surface area contributed by atoms with Crippen LogP contribution in [0.4, 0.5) is 5.82 Å². The first-order chi connectivity index (χ1) is 15.8. The zero-order chi connectivity index (χ0) is 24.0. The number of nitrogens with one attached hydrogen (secondary N) is 1. The van der Waals surface area contributed by atoms with Crippen LogP contribution < -0.4 is 5.32 Å². The average Bonchev–Trinajstić information content (AvgIpc) is 3.22. The minimum atomic E-state index is -0.753. The molecule has 0 aliphatic carbocycles. The van der Waals surface area contributed by atoms with Crippen LogP contribution in [0.25, 0.3) is 16.9 Å². The molecule has 0 aliphatic heterocycles. The Labute approximate surface area is 204 Å². The van der Waals surface area contributed by atoms with Crippen LogP contribution in [0, 0.1) is 5.41 Å². The fourth-order valence-electron chi connectivity index (χ4n) is 3.39. The zero-order valence-corrected chi connectivity index (χ0v) is 20.5. The van der Waals surface area contributed by atoms with Crippen molar-refractivity contribution in [1.29, 1.82) is 0 Å². The minimum absolute atomic E-state index is 0.0820. The molecule has 33 heavy (non-hydrogen) atoms. The molecule has 1 heterocycles. The summed E-state index contributed by atoms with van der Waals surface area (Å²) >= 11 is 12.4. The van der Waals surface area contributed by atoms with Gasteiger partial charge in [-0.1, -0.05) is 61.0 Å². The van der Waals surface area contributed by atoms with Gasteiger partial charge >= 0.3 is 0 Å². The highest BCUT2D eigenvalue weighted by atomic mass is 35.5. The number of alkyl halides is 1. The molecule has 0 radical (unpaired) electrons. The fraction of sp³-hybridized carbons (Fsp3) is 0.320. The molecule has 0 bridgehead atoms. The van der Waals surface area contributed by atoms with Crippen LogP contribution in [0.3, 0.4) is 0 Å². The third-order valence-electron chi connectivity index (χ3n) is 5.16. The van der Waals surface area contributed by atoms with Crippen molar-refractivity contribution >= 4 is 40.8 Å². The molecule has 174 valence electrons. The van der Waals surface area contributed by atoms with Crippen molar-refractivity contribution in [2.75, 3.05) is 24.3 Å². The molecule has 0 fully saturated rings. The van der Waals surface area contributed by atoms with Crippen molar-refractivity contribution in [1.82, 2.24) is 14.7 Å². The van der Waals surface area contributed by atoms with E-state index in [4.69, 9.17) is 23.2 Å². The highest BCUT2D eigenvalue weighted by molar-refractivity contribution is 6.32. The molecule has 3 rings (SSSR count). The van der Waals surface area contributed by atoms with E-state index in [1.165, 1.54) is 0 Å². The number of carbonyl (C=O) groups is 2. The number of nitrogens with zero attached hydrogens (tertiary/aromatic N) is 3. The second-order valence-electron chi connectivity index (χ2n) is 8.44. The summed E-state index contributed by atoms with van der Waals surface area (Å²) in [4.78, 5) is 27.5. The van der Waals surface area contributed by atoms with Crippen molar-refractivity contribution in [3.63, 3.8) is 0 Å². The first kappa shape index (κ1) is 24.8. The van der Waals surface area contributed by atoms with Crippen LogP contribution in [0.1, 0.15) is 27.2 Å². The topological polar surface area (TPSA) is 67.2 Å². The molecule has 0 saturated heterocycles. The monoisotopic (exact) mass is 486 g/mol. The quantitative estimate of drug-likeness (QED) is 0.398. The predicted molar refractivity (Wildman–Crippen MR) is 134 cm³/mol. The van der Waals surface area contributed by atoms with E-state index in [1.807, 2.05) is 55.5 Å². The Bertz CT molecular complexity index is 1110. The molecule has 6 nitrogen and oxygen atoms in total. The number of para-hydroxylation sites is 1. The number of halogens is 2. The Morgan fingerprint density at radius 1 is 1.09 bits per heavy atom. The number of anilines is 1. The average molecular weight is 487 g/mol. The van der Waals surface area contributed by atoms with Crippen molar-refractivity contribution in [2.45, 2.75) is 27.2 Å². The van der Waals surface area contributed by atoms with Gasteiger partial charge in [-0.2, -0.15) is 5.10 Å². The third-order valence-corrected chi connectivity index (χ3v) is 6.14. The van der Waals surface area contributed by atoms with Crippen LogP contribution in [-0.4, -0.2) is 45.5 Å². The van der Waals surface area contributed by atoms with Crippen molar-refractivity contribution < 1.29 is 9.59 Å². The maximum Gasteiger partial charge on any atom is 0.245 e. The van der Waals surface area contributed by atoms with Gasteiger partial charge in [-0.25, -0.2) is 4.68 Å². The maximum atomic E-state index is 13.0. The van der Waals surface area contributed by atoms with Gasteiger partial charge in [0.05, 0.1) is 28.4 Å². The van der Waals surface area contributed by atoms with E-state index < -0.39 is 5.41 Å². The summed E-state index contributed by atoms with van der Waals surface area (Å²) in [5, 5.41) is 8.11. The Morgan fingerprint density at radius 3 is 2.39 bits per heavy atom. The lowest BCUT2D eigenvalue weighted by molar-refractivity contribution is -0.141. The van der Waals surface area contributed by atoms with Gasteiger partial charge in [0.25, 0.3) is 0 Å². The summed E-state index contributed by atoms with van der Waals surface area (Å²) in [6.45, 7) is 5.90. The number of amides is 2. The minimum Gasteiger partial charge on any atom is -0.333 e. The Kier molecular flexibility index (Phi) is 8.16. The normalized spacial score (nSPS) is 11.3. The first-order valence-corrected chi connectivity index (χ1v) is 11.7. The molecule has 0 spiro atoms. The van der Waals surface area contributed by atoms with Crippen LogP contribution in [0.15, 0.2) is 60.7 Å². The van der Waals surface area contributed by atoms with Gasteiger partial charge in [-0.05, 0) is 32.4 Å². The first-order valence-electron chi connectivity index (χ1n) is 10.8. The summed E-state index contributed by atoms with van der Waals surface area (Å²) in [6.07, 6.45) is 0.729. The molecule has 0 aliphatic rings. The maximum absolute atomic E-state index is 13.0. The molecule has 1 aromatic heterocycles. The summed E-state index contributed by atoms with van der Waals surface area (Å²) in [7, 11) is 0. The van der Waals surface area contributed by atoms with Gasteiger partial charge in [-0.15, -0.1) is 11.6 Å². The van der Waals surface area contributed by atoms with Crippen LogP contribution >= 0.6 is 23.2 Å². The lowest BCUT2D eigenvalue weighted by atomic mass is 9.94. The van der Waals surface area contributed by atoms with E-state index in [1.54, 1.807) is 35.6 Å². The lowest BCUT2D eigenvalue weighted by Gasteiger charge is -2.30. The van der Waals surface area contributed by atoms with Gasteiger partial charge in [0, 0.05) is 24.1 Å². The smallest absolute Gasteiger partial charge is 0.245 e. The SMILES string of the molecule is CCCN(CC(=O)Nc1cc(-c2ccccc2)nn1-c1ccccc1Cl)C(=O)C(C)(C)CCl. The fourth-order valence-corrected chi connectivity index (χ4v) is 3.72. The van der Waals surface area contributed by atoms with E-state index in [2.05, 4.69) is 10.4 Å². The highest BCUT2D eigenvalue weighted by Crippen LogP contribution is 2.28. The van der Waals surface area contributed by atoms with Crippen LogP contribution in [0.2, 0.25) is 5.02 Å². The molecular formula is C25H28Cl2N4O2. The number of carbonyl (C=O) groups excluding carboxylic acids is 2. The Balaban J connectivity index is 1.91. The van der Waals surface area contributed by atoms with Gasteiger partial charge in [0.2, 0.25) is 11.8 Å². The molecule has 0 atom stereocenters. The Morgan fingerprint density at radius 2 is 1.76 bits per heavy atom. The van der Waals surface area contributed by atoms with Crippen molar-refractivity contribution in [2.24, 2.45) is 5.41 Å². The molecule has 0 saturated carbocycles. The molecule has 8 heteroatoms. The summed E-state index contributed by atoms with van der Waals surface area (Å²) in [6, 6.07) is 18.7. The van der Waals surface area contributed by atoms with Gasteiger partial charge in [0.15, 0.2) is 0 Å². The summed E-state index contributed by atoms with van der Waals surface area (Å²) in [5.74, 6) is 0.162. The molecular weight excluding hydrogens is 459 g/mol. The molecule has 2 aromatic carbocycles. The predicted octanol–water partition coefficient (Wildman–Crippen LogP) is 5.63. The van der Waals surface area contributed by atoms with Gasteiger partial charge in [-0.3, -0.25) is 9.59 Å². The largest absolute Gasteiger partial charge is 0.333 e. The number of hydrogen-bond donors (Lipinski definition) is 1.